The zero-order chi connectivity index (χ0) is 17.9. The normalized spacial score (nSPS) is 14.2. The average Bonchev–Trinajstić information content (AvgIpc) is 3.06. The molecule has 3 heterocycles. The number of hydrogen-bond acceptors (Lipinski definition) is 5. The first-order valence-corrected chi connectivity index (χ1v) is 8.70. The molecule has 7 heteroatoms. The molecule has 1 aromatic carbocycles. The number of benzene rings is 1. The number of anilines is 1. The van der Waals surface area contributed by atoms with Crippen LogP contribution in [0.2, 0.25) is 0 Å². The van der Waals surface area contributed by atoms with Crippen LogP contribution in [0, 0.1) is 12.7 Å². The molecule has 0 saturated heterocycles. The number of halogens is 1. The second-order valence-electron chi connectivity index (χ2n) is 6.58. The van der Waals surface area contributed by atoms with Crippen molar-refractivity contribution < 1.29 is 4.39 Å². The number of nitrogens with zero attached hydrogens (tertiary/aromatic N) is 5. The summed E-state index contributed by atoms with van der Waals surface area (Å²) in [6.45, 7) is 5.95. The van der Waals surface area contributed by atoms with Crippen LogP contribution in [-0.2, 0) is 26.2 Å². The van der Waals surface area contributed by atoms with Gasteiger partial charge in [0.05, 0.1) is 30.7 Å². The van der Waals surface area contributed by atoms with Crippen molar-refractivity contribution >= 4 is 5.82 Å². The molecule has 0 aliphatic carbocycles. The molecule has 1 aliphatic heterocycles. The van der Waals surface area contributed by atoms with Gasteiger partial charge >= 0.3 is 0 Å². The lowest BCUT2D eigenvalue weighted by molar-refractivity contribution is 0.204. The van der Waals surface area contributed by atoms with Crippen LogP contribution in [0.25, 0.3) is 0 Å². The van der Waals surface area contributed by atoms with E-state index in [1.54, 1.807) is 24.7 Å². The number of fused-ring (bicyclic) bond motifs is 1. The molecule has 134 valence electrons. The molecule has 26 heavy (non-hydrogen) atoms. The fraction of sp³-hybridized carbons (Fsp3) is 0.316. The molecule has 0 amide bonds. The molecule has 0 bridgehead atoms. The molecule has 0 fully saturated rings. The maximum absolute atomic E-state index is 13.5. The lowest BCUT2D eigenvalue weighted by Crippen LogP contribution is -2.33. The van der Waals surface area contributed by atoms with Crippen LogP contribution in [-0.4, -0.2) is 31.2 Å². The zero-order valence-corrected chi connectivity index (χ0v) is 14.7. The second-order valence-corrected chi connectivity index (χ2v) is 6.58. The van der Waals surface area contributed by atoms with Gasteiger partial charge in [0.1, 0.15) is 11.6 Å². The van der Waals surface area contributed by atoms with Crippen molar-refractivity contribution in [2.75, 3.05) is 11.9 Å². The maximum atomic E-state index is 13.5. The van der Waals surface area contributed by atoms with Gasteiger partial charge in [0.25, 0.3) is 0 Å². The summed E-state index contributed by atoms with van der Waals surface area (Å²) >= 11 is 0. The summed E-state index contributed by atoms with van der Waals surface area (Å²) in [4.78, 5) is 10.6. The first-order valence-electron chi connectivity index (χ1n) is 8.70. The summed E-state index contributed by atoms with van der Waals surface area (Å²) < 4.78 is 15.6. The van der Waals surface area contributed by atoms with E-state index < -0.39 is 0 Å². The van der Waals surface area contributed by atoms with Gasteiger partial charge in [0, 0.05) is 32.0 Å². The van der Waals surface area contributed by atoms with Crippen LogP contribution in [0.5, 0.6) is 0 Å². The lowest BCUT2D eigenvalue weighted by atomic mass is 10.1. The van der Waals surface area contributed by atoms with Crippen LogP contribution in [0.4, 0.5) is 10.2 Å². The fourth-order valence-electron chi connectivity index (χ4n) is 3.22. The van der Waals surface area contributed by atoms with Crippen LogP contribution in [0.3, 0.4) is 0 Å². The highest BCUT2D eigenvalue weighted by atomic mass is 19.1. The first kappa shape index (κ1) is 16.7. The van der Waals surface area contributed by atoms with Crippen LogP contribution < -0.4 is 5.32 Å². The minimum absolute atomic E-state index is 0.176. The molecule has 3 aromatic rings. The smallest absolute Gasteiger partial charge is 0.144 e. The van der Waals surface area contributed by atoms with Crippen molar-refractivity contribution in [3.05, 3.63) is 71.2 Å². The lowest BCUT2D eigenvalue weighted by Gasteiger charge is -2.28. The molecular weight excluding hydrogens is 331 g/mol. The summed E-state index contributed by atoms with van der Waals surface area (Å²) in [7, 11) is 0. The second kappa shape index (κ2) is 7.21. The van der Waals surface area contributed by atoms with Gasteiger partial charge in [-0.2, -0.15) is 5.10 Å². The summed E-state index contributed by atoms with van der Waals surface area (Å²) in [6.07, 6.45) is 5.00. The molecule has 0 radical (unpaired) electrons. The Bertz CT molecular complexity index is 892. The highest BCUT2D eigenvalue weighted by molar-refractivity contribution is 5.31. The van der Waals surface area contributed by atoms with Gasteiger partial charge in [-0.15, -0.1) is 0 Å². The number of rotatable bonds is 5. The molecule has 6 nitrogen and oxygen atoms in total. The van der Waals surface area contributed by atoms with Gasteiger partial charge in [-0.3, -0.25) is 14.6 Å². The van der Waals surface area contributed by atoms with Gasteiger partial charge in [0.15, 0.2) is 0 Å². The Labute approximate surface area is 151 Å². The molecule has 0 saturated carbocycles. The Morgan fingerprint density at radius 1 is 1.19 bits per heavy atom. The molecule has 1 N–H and O–H groups in total. The van der Waals surface area contributed by atoms with E-state index in [2.05, 4.69) is 36.0 Å². The zero-order valence-electron chi connectivity index (χ0n) is 14.7. The molecule has 2 aromatic heterocycles. The SMILES string of the molecule is Cc1ccc(F)cc1CN1CCn2nc(CNc3cnccn3)cc2C1. The molecular formula is C19H21FN6. The van der Waals surface area contributed by atoms with E-state index in [0.717, 1.165) is 48.8 Å². The number of nitrogens with one attached hydrogen (secondary N) is 1. The quantitative estimate of drug-likeness (QED) is 0.765. The van der Waals surface area contributed by atoms with E-state index >= 15 is 0 Å². The minimum atomic E-state index is -0.176. The van der Waals surface area contributed by atoms with Crippen LogP contribution in [0.1, 0.15) is 22.5 Å². The van der Waals surface area contributed by atoms with E-state index in [0.29, 0.717) is 6.54 Å². The Hall–Kier alpha value is -2.80. The molecule has 0 unspecified atom stereocenters. The third-order valence-electron chi connectivity index (χ3n) is 4.65. The summed E-state index contributed by atoms with van der Waals surface area (Å²) in [5, 5.41) is 7.89. The minimum Gasteiger partial charge on any atom is -0.363 e. The summed E-state index contributed by atoms with van der Waals surface area (Å²) in [6, 6.07) is 7.11. The van der Waals surface area contributed by atoms with Crippen molar-refractivity contribution in [3.8, 4) is 0 Å². The van der Waals surface area contributed by atoms with Gasteiger partial charge in [0.2, 0.25) is 0 Å². The highest BCUT2D eigenvalue weighted by Crippen LogP contribution is 2.19. The number of aryl methyl sites for hydroxylation is 1. The topological polar surface area (TPSA) is 58.9 Å². The fourth-order valence-corrected chi connectivity index (χ4v) is 3.22. The van der Waals surface area contributed by atoms with E-state index in [-0.39, 0.29) is 5.82 Å². The highest BCUT2D eigenvalue weighted by Gasteiger charge is 2.19. The van der Waals surface area contributed by atoms with Gasteiger partial charge < -0.3 is 5.32 Å². The van der Waals surface area contributed by atoms with Crippen molar-refractivity contribution in [1.82, 2.24) is 24.6 Å². The van der Waals surface area contributed by atoms with Crippen LogP contribution >= 0.6 is 0 Å². The number of hydrogen-bond donors (Lipinski definition) is 1. The Morgan fingerprint density at radius 3 is 2.96 bits per heavy atom. The predicted molar refractivity (Wildman–Crippen MR) is 96.8 cm³/mol. The summed E-state index contributed by atoms with van der Waals surface area (Å²) in [5.41, 5.74) is 4.33. The molecule has 0 atom stereocenters. The number of aromatic nitrogens is 4. The maximum Gasteiger partial charge on any atom is 0.144 e. The Balaban J connectivity index is 1.41. The van der Waals surface area contributed by atoms with E-state index in [1.807, 2.05) is 13.0 Å². The molecule has 1 aliphatic rings. The van der Waals surface area contributed by atoms with E-state index in [1.165, 1.54) is 11.8 Å². The van der Waals surface area contributed by atoms with Gasteiger partial charge in [-0.05, 0) is 36.2 Å². The van der Waals surface area contributed by atoms with Crippen molar-refractivity contribution in [2.24, 2.45) is 0 Å². The standard InChI is InChI=1S/C19H21FN6/c1-14-2-3-16(20)8-15(14)12-25-6-7-26-18(13-25)9-17(24-26)10-23-19-11-21-4-5-22-19/h2-5,8-9,11H,6-7,10,12-13H2,1H3,(H,22,23). The monoisotopic (exact) mass is 352 g/mol. The Morgan fingerprint density at radius 2 is 2.12 bits per heavy atom. The van der Waals surface area contributed by atoms with Crippen molar-refractivity contribution in [2.45, 2.75) is 33.1 Å². The third kappa shape index (κ3) is 3.72. The van der Waals surface area contributed by atoms with Gasteiger partial charge in [-0.25, -0.2) is 9.37 Å². The molecule has 0 spiro atoms. The average molecular weight is 352 g/mol. The Kier molecular flexibility index (Phi) is 4.62. The van der Waals surface area contributed by atoms with Crippen molar-refractivity contribution in [3.63, 3.8) is 0 Å². The van der Waals surface area contributed by atoms with E-state index in [9.17, 15) is 4.39 Å². The molecule has 4 rings (SSSR count). The first-order chi connectivity index (χ1) is 12.7. The largest absolute Gasteiger partial charge is 0.363 e. The van der Waals surface area contributed by atoms with Crippen LogP contribution in [0.15, 0.2) is 42.9 Å². The third-order valence-corrected chi connectivity index (χ3v) is 4.65. The predicted octanol–water partition coefficient (Wildman–Crippen LogP) is 2.75. The van der Waals surface area contributed by atoms with Crippen molar-refractivity contribution in [1.29, 1.82) is 0 Å². The van der Waals surface area contributed by atoms with Gasteiger partial charge in [-0.1, -0.05) is 6.07 Å². The van der Waals surface area contributed by atoms with E-state index in [4.69, 9.17) is 0 Å². The summed E-state index contributed by atoms with van der Waals surface area (Å²) in [5.74, 6) is 0.562.